The lowest BCUT2D eigenvalue weighted by Crippen LogP contribution is -2.19. The fourth-order valence-corrected chi connectivity index (χ4v) is 5.37. The molecule has 3 N–H and O–H groups in total. The molecule has 0 bridgehead atoms. The van der Waals surface area contributed by atoms with Crippen LogP contribution in [0.25, 0.3) is 20.8 Å². The van der Waals surface area contributed by atoms with Crippen LogP contribution in [-0.2, 0) is 0 Å². The second-order valence-electron chi connectivity index (χ2n) is 8.53. The van der Waals surface area contributed by atoms with Crippen LogP contribution in [0.4, 0.5) is 11.8 Å². The molecule has 1 aliphatic rings. The molecule has 31 heavy (non-hydrogen) atoms. The normalized spacial score (nSPS) is 18.5. The van der Waals surface area contributed by atoms with Gasteiger partial charge >= 0.3 is 0 Å². The second-order valence-corrected chi connectivity index (χ2v) is 9.56. The fraction of sp³-hybridized carbons (Fsp3) is 0.542. The van der Waals surface area contributed by atoms with E-state index in [0.29, 0.717) is 17.9 Å². The number of rotatable bonds is 10. The summed E-state index contributed by atoms with van der Waals surface area (Å²) in [7, 11) is 0. The zero-order chi connectivity index (χ0) is 21.6. The topological polar surface area (TPSA) is 83.0 Å². The third-order valence-corrected chi connectivity index (χ3v) is 7.11. The third kappa shape index (κ3) is 5.33. The molecule has 1 fully saturated rings. The first kappa shape index (κ1) is 22.0. The van der Waals surface area contributed by atoms with Gasteiger partial charge in [-0.3, -0.25) is 0 Å². The van der Waals surface area contributed by atoms with Crippen LogP contribution in [0.15, 0.2) is 24.3 Å². The maximum absolute atomic E-state index is 9.54. The maximum atomic E-state index is 9.54. The summed E-state index contributed by atoms with van der Waals surface area (Å²) in [4.78, 5) is 14.5. The Balaban J connectivity index is 1.62. The quantitative estimate of drug-likeness (QED) is 0.355. The molecule has 3 aromatic rings. The van der Waals surface area contributed by atoms with Gasteiger partial charge in [0.15, 0.2) is 0 Å². The molecule has 2 aromatic heterocycles. The summed E-state index contributed by atoms with van der Waals surface area (Å²) in [6, 6.07) is 8.54. The largest absolute Gasteiger partial charge is 0.396 e. The summed E-state index contributed by atoms with van der Waals surface area (Å²) in [5.41, 5.74) is 2.93. The number of aryl methyl sites for hydroxylation is 1. The van der Waals surface area contributed by atoms with Crippen LogP contribution in [0.3, 0.4) is 0 Å². The predicted octanol–water partition coefficient (Wildman–Crippen LogP) is 5.63. The van der Waals surface area contributed by atoms with Crippen LogP contribution in [0.5, 0.6) is 0 Å². The standard InChI is InChI=1S/C24H33N5OS/c1-3-4-5-8-13-25-24-26-16(2)21(23-28-19-9-6-7-10-20(19)31-23)22(29-24)27-18-12-11-17(14-18)15-30/h6-7,9-10,17-18,30H,3-5,8,11-15H2,1-2H3,(H2,25,26,27,29)/t17-,18+/m1/s1. The van der Waals surface area contributed by atoms with Crippen LogP contribution in [0.1, 0.15) is 57.6 Å². The minimum Gasteiger partial charge on any atom is -0.396 e. The zero-order valence-electron chi connectivity index (χ0n) is 18.5. The van der Waals surface area contributed by atoms with Gasteiger partial charge in [0, 0.05) is 19.2 Å². The summed E-state index contributed by atoms with van der Waals surface area (Å²) in [5, 5.41) is 17.6. The number of para-hydroxylation sites is 1. The smallest absolute Gasteiger partial charge is 0.224 e. The maximum Gasteiger partial charge on any atom is 0.224 e. The van der Waals surface area contributed by atoms with Crippen molar-refractivity contribution in [1.82, 2.24) is 15.0 Å². The van der Waals surface area contributed by atoms with Crippen molar-refractivity contribution >= 4 is 33.3 Å². The van der Waals surface area contributed by atoms with Gasteiger partial charge in [-0.05, 0) is 50.7 Å². The number of nitrogens with one attached hydrogen (secondary N) is 2. The van der Waals surface area contributed by atoms with E-state index in [4.69, 9.17) is 15.0 Å². The Morgan fingerprint density at radius 1 is 1.10 bits per heavy atom. The summed E-state index contributed by atoms with van der Waals surface area (Å²) in [6.45, 7) is 5.41. The van der Waals surface area contributed by atoms with Gasteiger partial charge in [0.05, 0.1) is 21.5 Å². The van der Waals surface area contributed by atoms with E-state index in [1.807, 2.05) is 25.1 Å². The molecule has 2 heterocycles. The number of aromatic nitrogens is 3. The molecule has 0 radical (unpaired) electrons. The SMILES string of the molecule is CCCCCCNc1nc(C)c(-c2nc3ccccc3s2)c(N[C@H]2CC[C@@H](CO)C2)n1. The molecule has 1 saturated carbocycles. The van der Waals surface area contributed by atoms with Crippen molar-refractivity contribution < 1.29 is 5.11 Å². The van der Waals surface area contributed by atoms with Crippen molar-refractivity contribution in [3.63, 3.8) is 0 Å². The second kappa shape index (κ2) is 10.4. The number of benzene rings is 1. The molecule has 166 valence electrons. The first-order chi connectivity index (χ1) is 15.2. The molecule has 1 aliphatic carbocycles. The van der Waals surface area contributed by atoms with Crippen LogP contribution in [-0.4, -0.2) is 39.3 Å². The summed E-state index contributed by atoms with van der Waals surface area (Å²) in [6.07, 6.45) is 7.92. The van der Waals surface area contributed by atoms with E-state index < -0.39 is 0 Å². The Hall–Kier alpha value is -2.25. The number of thiazole rings is 1. The van der Waals surface area contributed by atoms with Crippen LogP contribution in [0.2, 0.25) is 0 Å². The van der Waals surface area contributed by atoms with E-state index >= 15 is 0 Å². The van der Waals surface area contributed by atoms with Crippen molar-refractivity contribution in [2.24, 2.45) is 5.92 Å². The highest BCUT2D eigenvalue weighted by Crippen LogP contribution is 2.37. The molecule has 6 nitrogen and oxygen atoms in total. The molecule has 0 saturated heterocycles. The number of hydrogen-bond donors (Lipinski definition) is 3. The van der Waals surface area contributed by atoms with E-state index in [0.717, 1.165) is 59.8 Å². The van der Waals surface area contributed by atoms with E-state index in [1.165, 1.54) is 24.0 Å². The molecule has 0 unspecified atom stereocenters. The Morgan fingerprint density at radius 3 is 2.74 bits per heavy atom. The van der Waals surface area contributed by atoms with E-state index in [2.05, 4.69) is 23.6 Å². The van der Waals surface area contributed by atoms with Crippen molar-refractivity contribution in [2.75, 3.05) is 23.8 Å². The Bertz CT molecular complexity index is 972. The predicted molar refractivity (Wildman–Crippen MR) is 130 cm³/mol. The van der Waals surface area contributed by atoms with Crippen molar-refractivity contribution in [1.29, 1.82) is 0 Å². The van der Waals surface area contributed by atoms with Gasteiger partial charge in [0.25, 0.3) is 0 Å². The Kier molecular flexibility index (Phi) is 7.35. The van der Waals surface area contributed by atoms with Crippen LogP contribution < -0.4 is 10.6 Å². The lowest BCUT2D eigenvalue weighted by atomic mass is 10.1. The molecule has 0 amide bonds. The van der Waals surface area contributed by atoms with Gasteiger partial charge in [0.1, 0.15) is 10.8 Å². The molecule has 4 rings (SSSR count). The van der Waals surface area contributed by atoms with Gasteiger partial charge in [-0.25, -0.2) is 9.97 Å². The number of aliphatic hydroxyl groups excluding tert-OH is 1. The summed E-state index contributed by atoms with van der Waals surface area (Å²) in [5.74, 6) is 1.91. The minimum atomic E-state index is 0.260. The highest BCUT2D eigenvalue weighted by atomic mass is 32.1. The first-order valence-corrected chi connectivity index (χ1v) is 12.4. The van der Waals surface area contributed by atoms with Crippen molar-refractivity contribution in [3.05, 3.63) is 30.0 Å². The number of hydrogen-bond acceptors (Lipinski definition) is 7. The average Bonchev–Trinajstić information content (AvgIpc) is 3.40. The third-order valence-electron chi connectivity index (χ3n) is 6.05. The van der Waals surface area contributed by atoms with Crippen LogP contribution >= 0.6 is 11.3 Å². The highest BCUT2D eigenvalue weighted by molar-refractivity contribution is 7.21. The van der Waals surface area contributed by atoms with Crippen molar-refractivity contribution in [2.45, 2.75) is 64.8 Å². The summed E-state index contributed by atoms with van der Waals surface area (Å²) >= 11 is 1.68. The van der Waals surface area contributed by atoms with Gasteiger partial charge in [-0.15, -0.1) is 11.3 Å². The summed E-state index contributed by atoms with van der Waals surface area (Å²) < 4.78 is 1.17. The molecule has 7 heteroatoms. The number of aliphatic hydroxyl groups is 1. The molecule has 0 spiro atoms. The lowest BCUT2D eigenvalue weighted by Gasteiger charge is -2.18. The zero-order valence-corrected chi connectivity index (χ0v) is 19.3. The molecule has 2 atom stereocenters. The number of unbranched alkanes of at least 4 members (excludes halogenated alkanes) is 3. The number of fused-ring (bicyclic) bond motifs is 1. The highest BCUT2D eigenvalue weighted by Gasteiger charge is 2.26. The molecular formula is C24H33N5OS. The van der Waals surface area contributed by atoms with Gasteiger partial charge in [-0.2, -0.15) is 4.98 Å². The number of nitrogens with zero attached hydrogens (tertiary/aromatic N) is 3. The Labute approximate surface area is 188 Å². The van der Waals surface area contributed by atoms with Gasteiger partial charge in [-0.1, -0.05) is 38.3 Å². The van der Waals surface area contributed by atoms with E-state index in [1.54, 1.807) is 11.3 Å². The lowest BCUT2D eigenvalue weighted by molar-refractivity contribution is 0.229. The monoisotopic (exact) mass is 439 g/mol. The minimum absolute atomic E-state index is 0.260. The van der Waals surface area contributed by atoms with E-state index in [-0.39, 0.29) is 6.61 Å². The van der Waals surface area contributed by atoms with E-state index in [9.17, 15) is 5.11 Å². The molecule has 1 aromatic carbocycles. The van der Waals surface area contributed by atoms with Gasteiger partial charge in [0.2, 0.25) is 5.95 Å². The Morgan fingerprint density at radius 2 is 1.97 bits per heavy atom. The fourth-order valence-electron chi connectivity index (χ4n) is 4.31. The molecular weight excluding hydrogens is 406 g/mol. The first-order valence-electron chi connectivity index (χ1n) is 11.5. The number of anilines is 2. The van der Waals surface area contributed by atoms with Gasteiger partial charge < -0.3 is 15.7 Å². The molecule has 0 aliphatic heterocycles. The van der Waals surface area contributed by atoms with Crippen molar-refractivity contribution in [3.8, 4) is 10.6 Å². The average molecular weight is 440 g/mol. The van der Waals surface area contributed by atoms with Crippen LogP contribution in [0, 0.1) is 12.8 Å².